The molecule has 4 heteroatoms. The van der Waals surface area contributed by atoms with Crippen LogP contribution in [0.1, 0.15) is 24.0 Å². The summed E-state index contributed by atoms with van der Waals surface area (Å²) in [4.78, 5) is 2.35. The van der Waals surface area contributed by atoms with Crippen LogP contribution in [-0.2, 0) is 12.5 Å². The molecule has 1 aliphatic heterocycles. The molecular weight excluding hydrogens is 246 g/mol. The smallest absolute Gasteiger partial charge is 0.276 e. The fourth-order valence-corrected chi connectivity index (χ4v) is 2.64. The third-order valence-electron chi connectivity index (χ3n) is 4.04. The fourth-order valence-electron chi connectivity index (χ4n) is 2.64. The van der Waals surface area contributed by atoms with Gasteiger partial charge in [-0.15, -0.1) is 0 Å². The maximum atomic E-state index is 13.9. The third-order valence-corrected chi connectivity index (χ3v) is 4.04. The molecule has 0 spiro atoms. The van der Waals surface area contributed by atoms with Gasteiger partial charge in [0.1, 0.15) is 0 Å². The molecule has 1 heterocycles. The van der Waals surface area contributed by atoms with Crippen LogP contribution in [0.25, 0.3) is 0 Å². The van der Waals surface area contributed by atoms with Crippen molar-refractivity contribution in [3.63, 3.8) is 0 Å². The van der Waals surface area contributed by atoms with Gasteiger partial charge in [0.15, 0.2) is 0 Å². The van der Waals surface area contributed by atoms with E-state index < -0.39 is 11.8 Å². The monoisotopic (exact) mass is 266 g/mol. The van der Waals surface area contributed by atoms with Crippen molar-refractivity contribution < 1.29 is 8.78 Å². The zero-order chi connectivity index (χ0) is 13.3. The van der Waals surface area contributed by atoms with Gasteiger partial charge >= 0.3 is 0 Å². The number of piperazine rings is 1. The SMILES string of the molecule is FC(F)(c1ccc(CN2CCNCC2)cc1)C1CC1. The lowest BCUT2D eigenvalue weighted by atomic mass is 10.0. The van der Waals surface area contributed by atoms with Gasteiger partial charge in [0.05, 0.1) is 0 Å². The first kappa shape index (κ1) is 13.0. The Morgan fingerprint density at radius 1 is 1.11 bits per heavy atom. The van der Waals surface area contributed by atoms with E-state index in [4.69, 9.17) is 0 Å². The number of hydrogen-bond acceptors (Lipinski definition) is 2. The summed E-state index contributed by atoms with van der Waals surface area (Å²) in [5.41, 5.74) is 1.30. The van der Waals surface area contributed by atoms with Gasteiger partial charge in [-0.05, 0) is 18.4 Å². The first-order valence-corrected chi connectivity index (χ1v) is 7.06. The second kappa shape index (κ2) is 5.17. The molecule has 1 aromatic rings. The second-order valence-corrected chi connectivity index (χ2v) is 5.62. The zero-order valence-corrected chi connectivity index (χ0v) is 11.0. The Bertz CT molecular complexity index is 420. The maximum absolute atomic E-state index is 13.9. The number of benzene rings is 1. The summed E-state index contributed by atoms with van der Waals surface area (Å²) in [7, 11) is 0. The highest BCUT2D eigenvalue weighted by atomic mass is 19.3. The van der Waals surface area contributed by atoms with E-state index in [9.17, 15) is 8.78 Å². The molecule has 1 aliphatic carbocycles. The Kier molecular flexibility index (Phi) is 3.54. The third kappa shape index (κ3) is 2.95. The molecular formula is C15H20F2N2. The fraction of sp³-hybridized carbons (Fsp3) is 0.600. The number of nitrogens with one attached hydrogen (secondary N) is 1. The number of nitrogens with zero attached hydrogens (tertiary/aromatic N) is 1. The normalized spacial score (nSPS) is 21.6. The summed E-state index contributed by atoms with van der Waals surface area (Å²) in [5, 5.41) is 3.31. The molecule has 1 saturated heterocycles. The Balaban J connectivity index is 1.65. The Labute approximate surface area is 112 Å². The summed E-state index contributed by atoms with van der Waals surface area (Å²) >= 11 is 0. The highest BCUT2D eigenvalue weighted by Gasteiger charge is 2.47. The summed E-state index contributed by atoms with van der Waals surface area (Å²) < 4.78 is 27.8. The van der Waals surface area contributed by atoms with Crippen molar-refractivity contribution in [2.45, 2.75) is 25.3 Å². The van der Waals surface area contributed by atoms with Gasteiger partial charge in [-0.3, -0.25) is 4.90 Å². The molecule has 0 aromatic heterocycles. The predicted molar refractivity (Wildman–Crippen MR) is 71.2 cm³/mol. The molecule has 0 radical (unpaired) electrons. The van der Waals surface area contributed by atoms with Gasteiger partial charge in [0, 0.05) is 44.2 Å². The molecule has 0 amide bonds. The van der Waals surface area contributed by atoms with Crippen molar-refractivity contribution in [1.82, 2.24) is 10.2 Å². The predicted octanol–water partition coefficient (Wildman–Crippen LogP) is 2.59. The van der Waals surface area contributed by atoms with Crippen LogP contribution in [0.2, 0.25) is 0 Å². The standard InChI is InChI=1S/C15H20F2N2/c16-15(17,14-5-6-14)13-3-1-12(2-4-13)11-19-9-7-18-8-10-19/h1-4,14,18H,5-11H2. The second-order valence-electron chi connectivity index (χ2n) is 5.62. The van der Waals surface area contributed by atoms with Crippen molar-refractivity contribution in [3.05, 3.63) is 35.4 Å². The molecule has 0 unspecified atom stereocenters. The number of hydrogen-bond donors (Lipinski definition) is 1. The maximum Gasteiger partial charge on any atom is 0.276 e. The lowest BCUT2D eigenvalue weighted by Crippen LogP contribution is -2.42. The van der Waals surface area contributed by atoms with Crippen LogP contribution in [0.15, 0.2) is 24.3 Å². The van der Waals surface area contributed by atoms with Gasteiger partial charge in [-0.2, -0.15) is 0 Å². The largest absolute Gasteiger partial charge is 0.314 e. The average molecular weight is 266 g/mol. The minimum atomic E-state index is -2.63. The van der Waals surface area contributed by atoms with E-state index in [2.05, 4.69) is 10.2 Å². The molecule has 2 nitrogen and oxygen atoms in total. The van der Waals surface area contributed by atoms with E-state index in [1.165, 1.54) is 0 Å². The molecule has 0 bridgehead atoms. The topological polar surface area (TPSA) is 15.3 Å². The lowest BCUT2D eigenvalue weighted by molar-refractivity contribution is -0.0285. The number of halogens is 2. The van der Waals surface area contributed by atoms with Crippen LogP contribution in [0.4, 0.5) is 8.78 Å². The molecule has 3 rings (SSSR count). The molecule has 2 aliphatic rings. The van der Waals surface area contributed by atoms with Gasteiger partial charge in [0.2, 0.25) is 0 Å². The van der Waals surface area contributed by atoms with Crippen molar-refractivity contribution in [2.24, 2.45) is 5.92 Å². The molecule has 1 N–H and O–H groups in total. The van der Waals surface area contributed by atoms with Crippen LogP contribution in [0.5, 0.6) is 0 Å². The quantitative estimate of drug-likeness (QED) is 0.901. The van der Waals surface area contributed by atoms with E-state index in [0.717, 1.165) is 38.3 Å². The van der Waals surface area contributed by atoms with E-state index in [1.807, 2.05) is 12.1 Å². The molecule has 2 fully saturated rings. The molecule has 1 saturated carbocycles. The van der Waals surface area contributed by atoms with Crippen molar-refractivity contribution >= 4 is 0 Å². The van der Waals surface area contributed by atoms with E-state index in [-0.39, 0.29) is 5.56 Å². The summed E-state index contributed by atoms with van der Waals surface area (Å²) in [6.07, 6.45) is 1.32. The Hall–Kier alpha value is -1.00. The first-order chi connectivity index (χ1) is 9.16. The van der Waals surface area contributed by atoms with Gasteiger partial charge in [0.25, 0.3) is 5.92 Å². The van der Waals surface area contributed by atoms with Crippen LogP contribution in [0, 0.1) is 5.92 Å². The number of alkyl halides is 2. The lowest BCUT2D eigenvalue weighted by Gasteiger charge is -2.27. The minimum absolute atomic E-state index is 0.180. The Morgan fingerprint density at radius 3 is 2.32 bits per heavy atom. The molecule has 19 heavy (non-hydrogen) atoms. The Morgan fingerprint density at radius 2 is 1.74 bits per heavy atom. The van der Waals surface area contributed by atoms with Gasteiger partial charge < -0.3 is 5.32 Å². The zero-order valence-electron chi connectivity index (χ0n) is 11.0. The average Bonchev–Trinajstić information content (AvgIpc) is 3.25. The van der Waals surface area contributed by atoms with E-state index >= 15 is 0 Å². The van der Waals surface area contributed by atoms with Crippen molar-refractivity contribution in [1.29, 1.82) is 0 Å². The minimum Gasteiger partial charge on any atom is -0.314 e. The summed E-state index contributed by atoms with van der Waals surface area (Å²) in [6, 6.07) is 6.92. The van der Waals surface area contributed by atoms with Crippen LogP contribution in [-0.4, -0.2) is 31.1 Å². The van der Waals surface area contributed by atoms with E-state index in [1.54, 1.807) is 12.1 Å². The van der Waals surface area contributed by atoms with Crippen LogP contribution in [0.3, 0.4) is 0 Å². The highest BCUT2D eigenvalue weighted by molar-refractivity contribution is 5.27. The molecule has 104 valence electrons. The van der Waals surface area contributed by atoms with E-state index in [0.29, 0.717) is 12.8 Å². The van der Waals surface area contributed by atoms with Gasteiger partial charge in [-0.1, -0.05) is 24.3 Å². The molecule has 1 aromatic carbocycles. The van der Waals surface area contributed by atoms with Crippen molar-refractivity contribution in [3.8, 4) is 0 Å². The highest BCUT2D eigenvalue weighted by Crippen LogP contribution is 2.49. The number of rotatable bonds is 4. The van der Waals surface area contributed by atoms with Gasteiger partial charge in [-0.25, -0.2) is 8.78 Å². The van der Waals surface area contributed by atoms with Crippen LogP contribution >= 0.6 is 0 Å². The van der Waals surface area contributed by atoms with Crippen LogP contribution < -0.4 is 5.32 Å². The van der Waals surface area contributed by atoms with Crippen molar-refractivity contribution in [2.75, 3.05) is 26.2 Å². The summed E-state index contributed by atoms with van der Waals surface area (Å²) in [5.74, 6) is -3.06. The first-order valence-electron chi connectivity index (χ1n) is 7.06. The summed E-state index contributed by atoms with van der Waals surface area (Å²) in [6.45, 7) is 4.94. The molecule has 0 atom stereocenters.